The second kappa shape index (κ2) is 11.1. The van der Waals surface area contributed by atoms with Crippen LogP contribution < -0.4 is 0 Å². The highest BCUT2D eigenvalue weighted by Gasteiger charge is 2.30. The van der Waals surface area contributed by atoms with Crippen LogP contribution in [0.4, 0.5) is 0 Å². The lowest BCUT2D eigenvalue weighted by Crippen LogP contribution is -2.28. The van der Waals surface area contributed by atoms with Crippen molar-refractivity contribution in [3.05, 3.63) is 24.8 Å². The first kappa shape index (κ1) is 18.8. The largest absolute Gasteiger partial charge is 0.374 e. The van der Waals surface area contributed by atoms with Crippen molar-refractivity contribution in [2.45, 2.75) is 90.1 Å². The van der Waals surface area contributed by atoms with Crippen molar-refractivity contribution in [1.29, 1.82) is 0 Å². The van der Waals surface area contributed by atoms with Gasteiger partial charge in [0.1, 0.15) is 0 Å². The van der Waals surface area contributed by atoms with E-state index in [4.69, 9.17) is 4.74 Å². The Morgan fingerprint density at radius 1 is 0.870 bits per heavy atom. The highest BCUT2D eigenvalue weighted by atomic mass is 16.5. The molecule has 0 radical (unpaired) electrons. The molecule has 132 valence electrons. The van der Waals surface area contributed by atoms with Gasteiger partial charge in [-0.25, -0.2) is 0 Å². The quantitative estimate of drug-likeness (QED) is 0.430. The van der Waals surface area contributed by atoms with Crippen molar-refractivity contribution < 1.29 is 4.74 Å². The summed E-state index contributed by atoms with van der Waals surface area (Å²) in [5.74, 6) is 2.99. The van der Waals surface area contributed by atoms with Crippen LogP contribution in [0.1, 0.15) is 84.0 Å². The summed E-state index contributed by atoms with van der Waals surface area (Å²) in [6.07, 6.45) is 23.4. The molecule has 0 aromatic carbocycles. The standard InChI is InChI=1S/C22H38O/c1-3-5-7-8-18-23-22-16-14-21(15-17-22)20-12-10-19(11-13-20)9-6-4-2/h4,7-8,19-22H,2-3,5-6,9-18H2,1H3. The van der Waals surface area contributed by atoms with E-state index in [-0.39, 0.29) is 0 Å². The van der Waals surface area contributed by atoms with Gasteiger partial charge in [-0.15, -0.1) is 6.58 Å². The maximum atomic E-state index is 6.03. The summed E-state index contributed by atoms with van der Waals surface area (Å²) in [7, 11) is 0. The zero-order valence-corrected chi connectivity index (χ0v) is 15.3. The molecule has 1 nitrogen and oxygen atoms in total. The fourth-order valence-corrected chi connectivity index (χ4v) is 4.57. The molecule has 0 saturated heterocycles. The zero-order valence-electron chi connectivity index (χ0n) is 15.3. The van der Waals surface area contributed by atoms with Crippen LogP contribution >= 0.6 is 0 Å². The Kier molecular flexibility index (Phi) is 9.04. The van der Waals surface area contributed by atoms with Gasteiger partial charge in [0.15, 0.2) is 0 Å². The van der Waals surface area contributed by atoms with Gasteiger partial charge in [0.05, 0.1) is 12.7 Å². The van der Waals surface area contributed by atoms with Gasteiger partial charge in [-0.3, -0.25) is 0 Å². The van der Waals surface area contributed by atoms with Crippen molar-refractivity contribution in [1.82, 2.24) is 0 Å². The van der Waals surface area contributed by atoms with Crippen LogP contribution in [-0.4, -0.2) is 12.7 Å². The summed E-state index contributed by atoms with van der Waals surface area (Å²) in [5.41, 5.74) is 0. The van der Waals surface area contributed by atoms with E-state index >= 15 is 0 Å². The van der Waals surface area contributed by atoms with Crippen LogP contribution in [0.25, 0.3) is 0 Å². The molecule has 0 N–H and O–H groups in total. The molecule has 0 atom stereocenters. The molecular weight excluding hydrogens is 280 g/mol. The van der Waals surface area contributed by atoms with E-state index in [1.54, 1.807) is 0 Å². The van der Waals surface area contributed by atoms with Crippen molar-refractivity contribution in [3.63, 3.8) is 0 Å². The minimum absolute atomic E-state index is 0.529. The summed E-state index contributed by atoms with van der Waals surface area (Å²) in [6.45, 7) is 6.91. The van der Waals surface area contributed by atoms with E-state index in [0.717, 1.165) is 24.4 Å². The highest BCUT2D eigenvalue weighted by molar-refractivity contribution is 4.85. The molecule has 0 amide bonds. The minimum atomic E-state index is 0.529. The van der Waals surface area contributed by atoms with Crippen LogP contribution in [0.2, 0.25) is 0 Å². The molecule has 2 aliphatic rings. The molecule has 0 heterocycles. The Morgan fingerprint density at radius 3 is 2.13 bits per heavy atom. The number of hydrogen-bond donors (Lipinski definition) is 0. The summed E-state index contributed by atoms with van der Waals surface area (Å²) in [4.78, 5) is 0. The summed E-state index contributed by atoms with van der Waals surface area (Å²) in [5, 5.41) is 0. The molecule has 0 bridgehead atoms. The van der Waals surface area contributed by atoms with Gasteiger partial charge in [0.2, 0.25) is 0 Å². The lowest BCUT2D eigenvalue weighted by atomic mass is 9.70. The fraction of sp³-hybridized carbons (Fsp3) is 0.818. The third-order valence-corrected chi connectivity index (χ3v) is 6.11. The monoisotopic (exact) mass is 318 g/mol. The second-order valence-corrected chi connectivity index (χ2v) is 7.78. The Labute approximate surface area is 144 Å². The normalized spacial score (nSPS) is 32.2. The Hall–Kier alpha value is -0.560. The maximum absolute atomic E-state index is 6.03. The van der Waals surface area contributed by atoms with Gasteiger partial charge in [0.25, 0.3) is 0 Å². The van der Waals surface area contributed by atoms with Crippen LogP contribution in [-0.2, 0) is 4.74 Å². The van der Waals surface area contributed by atoms with E-state index in [1.807, 2.05) is 0 Å². The smallest absolute Gasteiger partial charge is 0.0651 e. The van der Waals surface area contributed by atoms with Crippen molar-refractivity contribution in [2.75, 3.05) is 6.61 Å². The average Bonchev–Trinajstić information content (AvgIpc) is 2.61. The van der Waals surface area contributed by atoms with Gasteiger partial charge in [-0.1, -0.05) is 44.4 Å². The zero-order chi connectivity index (χ0) is 16.3. The molecule has 0 aromatic heterocycles. The Bertz CT molecular complexity index is 330. The molecule has 23 heavy (non-hydrogen) atoms. The van der Waals surface area contributed by atoms with Crippen LogP contribution in [0, 0.1) is 17.8 Å². The molecule has 0 unspecified atom stereocenters. The first-order chi connectivity index (χ1) is 11.3. The highest BCUT2D eigenvalue weighted by Crippen LogP contribution is 2.41. The lowest BCUT2D eigenvalue weighted by Gasteiger charge is -2.37. The van der Waals surface area contributed by atoms with Gasteiger partial charge >= 0.3 is 0 Å². The van der Waals surface area contributed by atoms with E-state index < -0.39 is 0 Å². The molecule has 2 rings (SSSR count). The Balaban J connectivity index is 1.59. The molecule has 0 aliphatic heterocycles. The van der Waals surface area contributed by atoms with E-state index in [9.17, 15) is 0 Å². The van der Waals surface area contributed by atoms with Crippen LogP contribution in [0.15, 0.2) is 24.8 Å². The van der Waals surface area contributed by atoms with Crippen molar-refractivity contribution >= 4 is 0 Å². The molecule has 0 aromatic rings. The summed E-state index contributed by atoms with van der Waals surface area (Å²) >= 11 is 0. The van der Waals surface area contributed by atoms with Gasteiger partial charge in [-0.2, -0.15) is 0 Å². The topological polar surface area (TPSA) is 9.23 Å². The number of ether oxygens (including phenoxy) is 1. The lowest BCUT2D eigenvalue weighted by molar-refractivity contribution is 0.0210. The predicted octanol–water partition coefficient (Wildman–Crippen LogP) is 6.69. The maximum Gasteiger partial charge on any atom is 0.0651 e. The second-order valence-electron chi connectivity index (χ2n) is 7.78. The Morgan fingerprint density at radius 2 is 1.52 bits per heavy atom. The predicted molar refractivity (Wildman–Crippen MR) is 101 cm³/mol. The SMILES string of the molecule is C=CCCC1CCC(C2CCC(OCC=CCCC)CC2)CC1. The first-order valence-electron chi connectivity index (χ1n) is 10.2. The first-order valence-corrected chi connectivity index (χ1v) is 10.2. The number of hydrogen-bond acceptors (Lipinski definition) is 1. The van der Waals surface area contributed by atoms with E-state index in [0.29, 0.717) is 6.10 Å². The van der Waals surface area contributed by atoms with Gasteiger partial charge in [0, 0.05) is 0 Å². The van der Waals surface area contributed by atoms with E-state index in [1.165, 1.54) is 77.0 Å². The average molecular weight is 319 g/mol. The number of unbranched alkanes of at least 4 members (excludes halogenated alkanes) is 1. The summed E-state index contributed by atoms with van der Waals surface area (Å²) in [6, 6.07) is 0. The molecular formula is C22H38O. The molecule has 2 saturated carbocycles. The van der Waals surface area contributed by atoms with Crippen LogP contribution in [0.5, 0.6) is 0 Å². The number of allylic oxidation sites excluding steroid dienone is 2. The molecule has 2 aliphatic carbocycles. The van der Waals surface area contributed by atoms with Crippen LogP contribution in [0.3, 0.4) is 0 Å². The third-order valence-electron chi connectivity index (χ3n) is 6.11. The molecule has 2 fully saturated rings. The number of rotatable bonds is 9. The van der Waals surface area contributed by atoms with Crippen molar-refractivity contribution in [2.24, 2.45) is 17.8 Å². The minimum Gasteiger partial charge on any atom is -0.374 e. The third kappa shape index (κ3) is 6.83. The van der Waals surface area contributed by atoms with Gasteiger partial charge in [-0.05, 0) is 75.5 Å². The molecule has 1 heteroatoms. The van der Waals surface area contributed by atoms with Gasteiger partial charge < -0.3 is 4.74 Å². The van der Waals surface area contributed by atoms with Crippen molar-refractivity contribution in [3.8, 4) is 0 Å². The molecule has 0 spiro atoms. The fourth-order valence-electron chi connectivity index (χ4n) is 4.57. The van der Waals surface area contributed by atoms with E-state index in [2.05, 4.69) is 31.7 Å². The summed E-state index contributed by atoms with van der Waals surface area (Å²) < 4.78 is 6.03.